The monoisotopic (exact) mass is 338 g/mol. The zero-order valence-electron chi connectivity index (χ0n) is 13.6. The number of nitrogens with zero attached hydrogens (tertiary/aromatic N) is 2. The number of hydrogen-bond acceptors (Lipinski definition) is 5. The Bertz CT molecular complexity index is 514. The molecule has 0 aromatic carbocycles. The maximum atomic E-state index is 11.0. The second-order valence-corrected chi connectivity index (χ2v) is 7.75. The van der Waals surface area contributed by atoms with Crippen molar-refractivity contribution in [3.63, 3.8) is 0 Å². The summed E-state index contributed by atoms with van der Waals surface area (Å²) in [4.78, 5) is 18.6. The Labute approximate surface area is 141 Å². The SMILES string of the molecule is O=C(O)C[C@H]1COCCN1Cc1ccc(CN2CCCCC2)s1. The third kappa shape index (κ3) is 5.01. The Balaban J connectivity index is 1.55. The van der Waals surface area contributed by atoms with Gasteiger partial charge < -0.3 is 9.84 Å². The topological polar surface area (TPSA) is 53.0 Å². The molecule has 23 heavy (non-hydrogen) atoms. The lowest BCUT2D eigenvalue weighted by Gasteiger charge is -2.34. The van der Waals surface area contributed by atoms with Crippen LogP contribution >= 0.6 is 11.3 Å². The van der Waals surface area contributed by atoms with Crippen LogP contribution in [0.1, 0.15) is 35.4 Å². The summed E-state index contributed by atoms with van der Waals surface area (Å²) in [5, 5.41) is 9.05. The Morgan fingerprint density at radius 2 is 1.91 bits per heavy atom. The van der Waals surface area contributed by atoms with Crippen molar-refractivity contribution in [2.75, 3.05) is 32.8 Å². The first-order chi connectivity index (χ1) is 11.2. The van der Waals surface area contributed by atoms with Crippen LogP contribution < -0.4 is 0 Å². The number of thiophene rings is 1. The average molecular weight is 338 g/mol. The fourth-order valence-corrected chi connectivity index (χ4v) is 4.50. The third-order valence-electron chi connectivity index (χ3n) is 4.66. The maximum absolute atomic E-state index is 11.0. The quantitative estimate of drug-likeness (QED) is 0.863. The summed E-state index contributed by atoms with van der Waals surface area (Å²) in [5.74, 6) is -0.748. The second-order valence-electron chi connectivity index (χ2n) is 6.50. The van der Waals surface area contributed by atoms with Crippen molar-refractivity contribution in [2.24, 2.45) is 0 Å². The van der Waals surface area contributed by atoms with Crippen molar-refractivity contribution in [3.05, 3.63) is 21.9 Å². The van der Waals surface area contributed by atoms with E-state index >= 15 is 0 Å². The molecule has 0 unspecified atom stereocenters. The zero-order valence-corrected chi connectivity index (χ0v) is 14.4. The van der Waals surface area contributed by atoms with E-state index in [2.05, 4.69) is 21.9 Å². The van der Waals surface area contributed by atoms with Gasteiger partial charge in [0.05, 0.1) is 19.6 Å². The van der Waals surface area contributed by atoms with Gasteiger partial charge in [-0.25, -0.2) is 0 Å². The molecule has 2 saturated heterocycles. The van der Waals surface area contributed by atoms with Crippen LogP contribution in [0.5, 0.6) is 0 Å². The van der Waals surface area contributed by atoms with Gasteiger partial charge in [0, 0.05) is 35.4 Å². The number of carboxylic acids is 1. The van der Waals surface area contributed by atoms with E-state index in [1.165, 1.54) is 42.1 Å². The lowest BCUT2D eigenvalue weighted by atomic mass is 10.1. The van der Waals surface area contributed by atoms with Crippen LogP contribution in [0.15, 0.2) is 12.1 Å². The molecule has 0 amide bonds. The van der Waals surface area contributed by atoms with E-state index in [1.54, 1.807) is 0 Å². The molecule has 0 bridgehead atoms. The molecule has 0 spiro atoms. The van der Waals surface area contributed by atoms with Gasteiger partial charge in [-0.05, 0) is 38.1 Å². The lowest BCUT2D eigenvalue weighted by molar-refractivity contribution is -0.140. The number of rotatable bonds is 6. The normalized spacial score (nSPS) is 23.9. The van der Waals surface area contributed by atoms with Gasteiger partial charge >= 0.3 is 5.97 Å². The molecule has 1 N–H and O–H groups in total. The van der Waals surface area contributed by atoms with Gasteiger partial charge in [-0.1, -0.05) is 6.42 Å². The van der Waals surface area contributed by atoms with Crippen molar-refractivity contribution in [2.45, 2.75) is 44.8 Å². The molecule has 1 atom stereocenters. The Morgan fingerprint density at radius 3 is 2.65 bits per heavy atom. The molecule has 2 aliphatic heterocycles. The van der Waals surface area contributed by atoms with E-state index < -0.39 is 5.97 Å². The van der Waals surface area contributed by atoms with E-state index in [-0.39, 0.29) is 12.5 Å². The molecular weight excluding hydrogens is 312 g/mol. The standard InChI is InChI=1S/C17H26N2O3S/c20-17(21)10-14-13-22-9-8-19(14)12-16-5-4-15(23-16)11-18-6-2-1-3-7-18/h4-5,14H,1-3,6-13H2,(H,20,21)/t14-/m0/s1. The summed E-state index contributed by atoms with van der Waals surface area (Å²) >= 11 is 1.87. The second kappa shape index (κ2) is 8.24. The fourth-order valence-electron chi connectivity index (χ4n) is 3.42. The highest BCUT2D eigenvalue weighted by molar-refractivity contribution is 7.11. The molecular formula is C17H26N2O3S. The molecule has 2 aliphatic rings. The average Bonchev–Trinajstić information content (AvgIpc) is 2.97. The number of hydrogen-bond donors (Lipinski definition) is 1. The van der Waals surface area contributed by atoms with Crippen molar-refractivity contribution in [1.29, 1.82) is 0 Å². The predicted octanol–water partition coefficient (Wildman–Crippen LogP) is 2.41. The minimum absolute atomic E-state index is 0.00565. The number of piperidine rings is 1. The number of likely N-dealkylation sites (tertiary alicyclic amines) is 1. The van der Waals surface area contributed by atoms with E-state index in [0.29, 0.717) is 13.2 Å². The first-order valence-corrected chi connectivity index (χ1v) is 9.36. The molecule has 3 heterocycles. The van der Waals surface area contributed by atoms with Gasteiger partial charge in [-0.15, -0.1) is 11.3 Å². The Kier molecular flexibility index (Phi) is 6.05. The number of carboxylic acid groups (broad SMARTS) is 1. The summed E-state index contributed by atoms with van der Waals surface area (Å²) in [6.07, 6.45) is 4.17. The molecule has 0 saturated carbocycles. The van der Waals surface area contributed by atoms with Gasteiger partial charge in [0.1, 0.15) is 0 Å². The summed E-state index contributed by atoms with van der Waals surface area (Å²) in [6, 6.07) is 4.44. The van der Waals surface area contributed by atoms with Gasteiger partial charge in [-0.2, -0.15) is 0 Å². The van der Waals surface area contributed by atoms with Crippen molar-refractivity contribution in [1.82, 2.24) is 9.80 Å². The smallest absolute Gasteiger partial charge is 0.305 e. The van der Waals surface area contributed by atoms with Crippen LogP contribution in [0.2, 0.25) is 0 Å². The highest BCUT2D eigenvalue weighted by Crippen LogP contribution is 2.23. The van der Waals surface area contributed by atoms with Crippen LogP contribution in [0.25, 0.3) is 0 Å². The largest absolute Gasteiger partial charge is 0.481 e. The summed E-state index contributed by atoms with van der Waals surface area (Å²) in [7, 11) is 0. The van der Waals surface area contributed by atoms with Gasteiger partial charge in [0.2, 0.25) is 0 Å². The summed E-state index contributed by atoms with van der Waals surface area (Å²) in [6.45, 7) is 6.38. The Hall–Kier alpha value is -0.950. The summed E-state index contributed by atoms with van der Waals surface area (Å²) in [5.41, 5.74) is 0. The molecule has 1 aromatic rings. The lowest BCUT2D eigenvalue weighted by Crippen LogP contribution is -2.45. The Morgan fingerprint density at radius 1 is 1.17 bits per heavy atom. The molecule has 1 aromatic heterocycles. The molecule has 5 nitrogen and oxygen atoms in total. The molecule has 128 valence electrons. The minimum atomic E-state index is -0.748. The number of morpholine rings is 1. The maximum Gasteiger partial charge on any atom is 0.305 e. The fraction of sp³-hybridized carbons (Fsp3) is 0.706. The highest BCUT2D eigenvalue weighted by Gasteiger charge is 2.25. The molecule has 0 aliphatic carbocycles. The van der Waals surface area contributed by atoms with Crippen LogP contribution in [0, 0.1) is 0 Å². The van der Waals surface area contributed by atoms with Gasteiger partial charge in [0.15, 0.2) is 0 Å². The highest BCUT2D eigenvalue weighted by atomic mass is 32.1. The molecule has 2 fully saturated rings. The summed E-state index contributed by atoms with van der Waals surface area (Å²) < 4.78 is 5.45. The van der Waals surface area contributed by atoms with E-state index in [4.69, 9.17) is 9.84 Å². The zero-order chi connectivity index (χ0) is 16.1. The van der Waals surface area contributed by atoms with Crippen molar-refractivity contribution < 1.29 is 14.6 Å². The van der Waals surface area contributed by atoms with E-state index in [1.807, 2.05) is 11.3 Å². The molecule has 6 heteroatoms. The van der Waals surface area contributed by atoms with E-state index in [0.717, 1.165) is 19.6 Å². The first-order valence-electron chi connectivity index (χ1n) is 8.54. The molecule has 0 radical (unpaired) electrons. The van der Waals surface area contributed by atoms with Crippen LogP contribution in [-0.4, -0.2) is 59.8 Å². The predicted molar refractivity (Wildman–Crippen MR) is 90.7 cm³/mol. The molecule has 3 rings (SSSR count). The van der Waals surface area contributed by atoms with Crippen LogP contribution in [0.3, 0.4) is 0 Å². The van der Waals surface area contributed by atoms with Gasteiger partial charge in [-0.3, -0.25) is 14.6 Å². The third-order valence-corrected chi connectivity index (χ3v) is 5.72. The number of ether oxygens (including phenoxy) is 1. The van der Waals surface area contributed by atoms with Gasteiger partial charge in [0.25, 0.3) is 0 Å². The first kappa shape index (κ1) is 16.9. The van der Waals surface area contributed by atoms with Crippen molar-refractivity contribution in [3.8, 4) is 0 Å². The number of carbonyl (C=O) groups is 1. The van der Waals surface area contributed by atoms with Crippen LogP contribution in [-0.2, 0) is 22.6 Å². The van der Waals surface area contributed by atoms with E-state index in [9.17, 15) is 4.79 Å². The van der Waals surface area contributed by atoms with Crippen molar-refractivity contribution >= 4 is 17.3 Å². The van der Waals surface area contributed by atoms with Crippen LogP contribution in [0.4, 0.5) is 0 Å². The minimum Gasteiger partial charge on any atom is -0.481 e. The number of aliphatic carboxylic acids is 1.